The molecule has 0 radical (unpaired) electrons. The van der Waals surface area contributed by atoms with Gasteiger partial charge in [0, 0.05) is 17.2 Å². The SMILES string of the molecule is Cc1cc(-c2nnn(CC3(CS(C)(=O)=O)CCC3)n2)ccc1F. The Kier molecular flexibility index (Phi) is 3.95. The Bertz CT molecular complexity index is 828. The van der Waals surface area contributed by atoms with E-state index in [1.165, 1.54) is 17.1 Å². The average molecular weight is 338 g/mol. The molecule has 2 aromatic rings. The molecule has 3 rings (SSSR count). The van der Waals surface area contributed by atoms with E-state index >= 15 is 0 Å². The summed E-state index contributed by atoms with van der Waals surface area (Å²) in [6, 6.07) is 4.66. The topological polar surface area (TPSA) is 77.7 Å². The van der Waals surface area contributed by atoms with Crippen molar-refractivity contribution in [1.82, 2.24) is 20.2 Å². The highest BCUT2D eigenvalue weighted by Crippen LogP contribution is 2.43. The third-order valence-electron chi connectivity index (χ3n) is 4.33. The Morgan fingerprint density at radius 3 is 2.65 bits per heavy atom. The van der Waals surface area contributed by atoms with Crippen molar-refractivity contribution in [2.24, 2.45) is 5.41 Å². The Morgan fingerprint density at radius 1 is 1.35 bits per heavy atom. The van der Waals surface area contributed by atoms with Crippen molar-refractivity contribution >= 4 is 9.84 Å². The first-order valence-electron chi connectivity index (χ1n) is 7.48. The van der Waals surface area contributed by atoms with Crippen molar-refractivity contribution in [2.75, 3.05) is 12.0 Å². The van der Waals surface area contributed by atoms with Crippen molar-refractivity contribution in [3.05, 3.63) is 29.6 Å². The summed E-state index contributed by atoms with van der Waals surface area (Å²) in [5.41, 5.74) is 0.928. The van der Waals surface area contributed by atoms with Crippen molar-refractivity contribution in [3.63, 3.8) is 0 Å². The molecule has 0 saturated heterocycles. The zero-order chi connectivity index (χ0) is 16.7. The fraction of sp³-hybridized carbons (Fsp3) is 0.533. The van der Waals surface area contributed by atoms with Gasteiger partial charge in [0.25, 0.3) is 0 Å². The number of hydrogen-bond donors (Lipinski definition) is 0. The molecule has 1 saturated carbocycles. The van der Waals surface area contributed by atoms with Crippen LogP contribution in [0.1, 0.15) is 24.8 Å². The maximum Gasteiger partial charge on any atom is 0.204 e. The van der Waals surface area contributed by atoms with Gasteiger partial charge in [0.15, 0.2) is 0 Å². The second-order valence-electron chi connectivity index (χ2n) is 6.53. The maximum absolute atomic E-state index is 13.3. The lowest BCUT2D eigenvalue weighted by Gasteiger charge is -2.40. The number of rotatable bonds is 5. The van der Waals surface area contributed by atoms with Crippen molar-refractivity contribution in [1.29, 1.82) is 0 Å². The second kappa shape index (κ2) is 5.67. The quantitative estimate of drug-likeness (QED) is 0.833. The van der Waals surface area contributed by atoms with Gasteiger partial charge < -0.3 is 0 Å². The van der Waals surface area contributed by atoms with Crippen LogP contribution < -0.4 is 0 Å². The van der Waals surface area contributed by atoms with Gasteiger partial charge >= 0.3 is 0 Å². The van der Waals surface area contributed by atoms with Gasteiger partial charge in [-0.1, -0.05) is 6.42 Å². The number of sulfone groups is 1. The van der Waals surface area contributed by atoms with Crippen LogP contribution in [0.4, 0.5) is 4.39 Å². The van der Waals surface area contributed by atoms with E-state index in [1.807, 2.05) is 0 Å². The number of halogens is 1. The summed E-state index contributed by atoms with van der Waals surface area (Å²) in [7, 11) is -3.05. The molecule has 0 bridgehead atoms. The van der Waals surface area contributed by atoms with Gasteiger partial charge in [-0.25, -0.2) is 12.8 Å². The number of benzene rings is 1. The normalized spacial score (nSPS) is 17.0. The second-order valence-corrected chi connectivity index (χ2v) is 8.67. The largest absolute Gasteiger partial charge is 0.229 e. The predicted octanol–water partition coefficient (Wildman–Crippen LogP) is 2.00. The van der Waals surface area contributed by atoms with Gasteiger partial charge in [-0.15, -0.1) is 10.2 Å². The molecule has 8 heteroatoms. The molecule has 1 aromatic heterocycles. The van der Waals surface area contributed by atoms with Crippen molar-refractivity contribution in [2.45, 2.75) is 32.7 Å². The number of hydrogen-bond acceptors (Lipinski definition) is 5. The van der Waals surface area contributed by atoms with Crippen LogP contribution >= 0.6 is 0 Å². The number of tetrazole rings is 1. The summed E-state index contributed by atoms with van der Waals surface area (Å²) in [6.07, 6.45) is 3.99. The molecule has 124 valence electrons. The highest BCUT2D eigenvalue weighted by molar-refractivity contribution is 7.90. The van der Waals surface area contributed by atoms with E-state index in [0.717, 1.165) is 19.3 Å². The molecule has 1 aliphatic rings. The van der Waals surface area contributed by atoms with E-state index in [0.29, 0.717) is 23.5 Å². The van der Waals surface area contributed by atoms with Crippen LogP contribution in [0.5, 0.6) is 0 Å². The van der Waals surface area contributed by atoms with Gasteiger partial charge in [0.05, 0.1) is 12.3 Å². The first-order chi connectivity index (χ1) is 10.8. The van der Waals surface area contributed by atoms with E-state index in [1.54, 1.807) is 19.1 Å². The standard InChI is InChI=1S/C15H19FN4O2S/c1-11-8-12(4-5-13(11)16)14-17-19-20(18-14)9-15(6-3-7-15)10-23(2,21)22/h4-5,8H,3,6-7,9-10H2,1-2H3. The van der Waals surface area contributed by atoms with E-state index in [-0.39, 0.29) is 17.0 Å². The molecule has 0 N–H and O–H groups in total. The molecular weight excluding hydrogens is 319 g/mol. The Hall–Kier alpha value is -1.83. The lowest BCUT2D eigenvalue weighted by atomic mass is 9.70. The lowest BCUT2D eigenvalue weighted by molar-refractivity contribution is 0.121. The van der Waals surface area contributed by atoms with Crippen LogP contribution in [0.25, 0.3) is 11.4 Å². The molecule has 1 aliphatic carbocycles. The first-order valence-corrected chi connectivity index (χ1v) is 9.55. The molecule has 0 atom stereocenters. The highest BCUT2D eigenvalue weighted by atomic mass is 32.2. The molecule has 0 aliphatic heterocycles. The molecule has 0 unspecified atom stereocenters. The predicted molar refractivity (Wildman–Crippen MR) is 83.9 cm³/mol. The molecule has 6 nitrogen and oxygen atoms in total. The summed E-state index contributed by atoms with van der Waals surface area (Å²) in [6.45, 7) is 2.12. The molecule has 1 fully saturated rings. The zero-order valence-electron chi connectivity index (χ0n) is 13.2. The van der Waals surface area contributed by atoms with Crippen LogP contribution in [0.2, 0.25) is 0 Å². The number of nitrogens with zero attached hydrogens (tertiary/aromatic N) is 4. The molecule has 0 spiro atoms. The van der Waals surface area contributed by atoms with E-state index in [2.05, 4.69) is 15.4 Å². The van der Waals surface area contributed by atoms with Gasteiger partial charge in [0.1, 0.15) is 15.7 Å². The van der Waals surface area contributed by atoms with Crippen LogP contribution in [0, 0.1) is 18.2 Å². The summed E-state index contributed by atoms with van der Waals surface area (Å²) in [4.78, 5) is 1.46. The first kappa shape index (κ1) is 16.0. The molecule has 23 heavy (non-hydrogen) atoms. The Labute approximate surface area is 134 Å². The van der Waals surface area contributed by atoms with Crippen molar-refractivity contribution in [3.8, 4) is 11.4 Å². The van der Waals surface area contributed by atoms with Gasteiger partial charge in [0.2, 0.25) is 5.82 Å². The van der Waals surface area contributed by atoms with Gasteiger partial charge in [-0.3, -0.25) is 0 Å². The number of aromatic nitrogens is 4. The van der Waals surface area contributed by atoms with Gasteiger partial charge in [-0.2, -0.15) is 4.80 Å². The van der Waals surface area contributed by atoms with Gasteiger partial charge in [-0.05, 0) is 48.7 Å². The van der Waals surface area contributed by atoms with Crippen LogP contribution in [-0.2, 0) is 16.4 Å². The Morgan fingerprint density at radius 2 is 2.09 bits per heavy atom. The van der Waals surface area contributed by atoms with Crippen molar-refractivity contribution < 1.29 is 12.8 Å². The molecule has 1 heterocycles. The molecule has 0 amide bonds. The molecular formula is C15H19FN4O2S. The van der Waals surface area contributed by atoms with E-state index in [9.17, 15) is 12.8 Å². The summed E-state index contributed by atoms with van der Waals surface area (Å²) >= 11 is 0. The third kappa shape index (κ3) is 3.57. The summed E-state index contributed by atoms with van der Waals surface area (Å²) in [5.74, 6) is 0.289. The Balaban J connectivity index is 1.80. The number of aryl methyl sites for hydroxylation is 1. The summed E-state index contributed by atoms with van der Waals surface area (Å²) < 4.78 is 36.6. The monoisotopic (exact) mass is 338 g/mol. The summed E-state index contributed by atoms with van der Waals surface area (Å²) in [5, 5.41) is 12.4. The molecule has 1 aromatic carbocycles. The minimum Gasteiger partial charge on any atom is -0.229 e. The fourth-order valence-corrected chi connectivity index (χ4v) is 4.58. The van der Waals surface area contributed by atoms with Crippen LogP contribution in [0.15, 0.2) is 18.2 Å². The minimum absolute atomic E-state index is 0.145. The average Bonchev–Trinajstić information content (AvgIpc) is 2.86. The maximum atomic E-state index is 13.3. The van der Waals surface area contributed by atoms with E-state index < -0.39 is 9.84 Å². The van der Waals surface area contributed by atoms with Crippen LogP contribution in [0.3, 0.4) is 0 Å². The van der Waals surface area contributed by atoms with E-state index in [4.69, 9.17) is 0 Å². The minimum atomic E-state index is -3.05. The lowest BCUT2D eigenvalue weighted by Crippen LogP contribution is -2.40. The van der Waals surface area contributed by atoms with Crippen LogP contribution in [-0.4, -0.2) is 40.6 Å². The third-order valence-corrected chi connectivity index (χ3v) is 5.47. The smallest absolute Gasteiger partial charge is 0.204 e. The fourth-order valence-electron chi connectivity index (χ4n) is 3.09. The zero-order valence-corrected chi connectivity index (χ0v) is 14.0. The highest BCUT2D eigenvalue weighted by Gasteiger charge is 2.41.